The average molecular weight is 128 g/mol. The third-order valence-corrected chi connectivity index (χ3v) is 1.13. The summed E-state index contributed by atoms with van der Waals surface area (Å²) in [5, 5.41) is 3.06. The van der Waals surface area contributed by atoms with Gasteiger partial charge in [-0.15, -0.1) is 0 Å². The van der Waals surface area contributed by atoms with Crippen LogP contribution < -0.4 is 11.1 Å². The van der Waals surface area contributed by atoms with Crippen molar-refractivity contribution in [1.29, 1.82) is 0 Å². The van der Waals surface area contributed by atoms with Crippen LogP contribution in [-0.4, -0.2) is 12.1 Å². The van der Waals surface area contributed by atoms with Crippen LogP contribution in [0.15, 0.2) is 12.8 Å². The van der Waals surface area contributed by atoms with Gasteiger partial charge >= 0.3 is 0 Å². The molecular weight excluding hydrogens is 112 g/mol. The van der Waals surface area contributed by atoms with Crippen LogP contribution in [0.25, 0.3) is 0 Å². The summed E-state index contributed by atoms with van der Waals surface area (Å²) in [7, 11) is 0. The molecule has 0 fully saturated rings. The van der Waals surface area contributed by atoms with Crippen molar-refractivity contribution in [3.63, 3.8) is 0 Å². The van der Waals surface area contributed by atoms with Gasteiger partial charge < -0.3 is 11.1 Å². The maximum atomic E-state index is 5.55. The molecule has 3 N–H and O–H groups in total. The largest absolute Gasteiger partial charge is 0.389 e. The molecule has 0 bridgehead atoms. The molecule has 0 rings (SSSR count). The lowest BCUT2D eigenvalue weighted by Gasteiger charge is -2.13. The fourth-order valence-electron chi connectivity index (χ4n) is 0.827. The minimum Gasteiger partial charge on any atom is -0.389 e. The van der Waals surface area contributed by atoms with Crippen LogP contribution in [0, 0.1) is 0 Å². The van der Waals surface area contributed by atoms with E-state index in [4.69, 9.17) is 5.73 Å². The summed E-state index contributed by atoms with van der Waals surface area (Å²) in [4.78, 5) is 0. The first-order valence-electron chi connectivity index (χ1n) is 3.29. The van der Waals surface area contributed by atoms with Crippen LogP contribution in [0.4, 0.5) is 0 Å². The van der Waals surface area contributed by atoms with Crippen molar-refractivity contribution >= 4 is 0 Å². The molecule has 0 aliphatic carbocycles. The molecule has 2 heteroatoms. The molecule has 0 saturated carbocycles. The van der Waals surface area contributed by atoms with E-state index < -0.39 is 0 Å². The van der Waals surface area contributed by atoms with E-state index in [2.05, 4.69) is 18.8 Å². The molecule has 2 nitrogen and oxygen atoms in total. The predicted octanol–water partition coefficient (Wildman–Crippen LogP) is 0.845. The van der Waals surface area contributed by atoms with Crippen LogP contribution >= 0.6 is 0 Å². The first-order chi connectivity index (χ1) is 4.16. The van der Waals surface area contributed by atoms with Gasteiger partial charge in [-0.25, -0.2) is 0 Å². The molecular formula is C7H16N2. The van der Waals surface area contributed by atoms with Crippen LogP contribution in [0.5, 0.6) is 0 Å². The number of hydrogen-bond acceptors (Lipinski definition) is 2. The second-order valence-electron chi connectivity index (χ2n) is 2.48. The van der Waals surface area contributed by atoms with Gasteiger partial charge in [0.15, 0.2) is 0 Å². The Labute approximate surface area is 57.1 Å². The van der Waals surface area contributed by atoms with E-state index in [9.17, 15) is 0 Å². The van der Waals surface area contributed by atoms with Gasteiger partial charge in [-0.1, -0.05) is 6.58 Å². The monoisotopic (exact) mass is 128 g/mol. The Morgan fingerprint density at radius 3 is 2.56 bits per heavy atom. The van der Waals surface area contributed by atoms with Crippen LogP contribution in [0.2, 0.25) is 0 Å². The van der Waals surface area contributed by atoms with Crippen molar-refractivity contribution in [2.75, 3.05) is 0 Å². The Balaban J connectivity index is 3.25. The number of hydrogen-bond donors (Lipinski definition) is 2. The van der Waals surface area contributed by atoms with Gasteiger partial charge in [0.1, 0.15) is 0 Å². The van der Waals surface area contributed by atoms with E-state index in [-0.39, 0.29) is 6.04 Å². The fourth-order valence-corrected chi connectivity index (χ4v) is 0.827. The molecule has 0 amide bonds. The van der Waals surface area contributed by atoms with Crippen molar-refractivity contribution in [3.8, 4) is 0 Å². The van der Waals surface area contributed by atoms with Gasteiger partial charge in [0.05, 0.1) is 0 Å². The van der Waals surface area contributed by atoms with Gasteiger partial charge in [0.25, 0.3) is 0 Å². The van der Waals surface area contributed by atoms with E-state index >= 15 is 0 Å². The summed E-state index contributed by atoms with van der Waals surface area (Å²) in [6, 6.07) is 0.718. The normalized spacial score (nSPS) is 16.3. The Hall–Kier alpha value is -0.500. The quantitative estimate of drug-likeness (QED) is 0.589. The molecule has 0 aliphatic rings. The Kier molecular flexibility index (Phi) is 4.14. The second-order valence-corrected chi connectivity index (χ2v) is 2.48. The molecule has 2 unspecified atom stereocenters. The zero-order chi connectivity index (χ0) is 7.28. The van der Waals surface area contributed by atoms with Crippen molar-refractivity contribution < 1.29 is 0 Å². The summed E-state index contributed by atoms with van der Waals surface area (Å²) >= 11 is 0. The second kappa shape index (κ2) is 4.39. The van der Waals surface area contributed by atoms with Gasteiger partial charge in [-0.2, -0.15) is 0 Å². The standard InChI is InChI=1S/C7H16N2/c1-4-9-7(3)5-6(2)8/h4,6-7,9H,1,5,8H2,2-3H3. The highest BCUT2D eigenvalue weighted by Crippen LogP contribution is 1.92. The molecule has 54 valence electrons. The lowest BCUT2D eigenvalue weighted by atomic mass is 10.1. The summed E-state index contributed by atoms with van der Waals surface area (Å²) in [6.45, 7) is 7.65. The highest BCUT2D eigenvalue weighted by molar-refractivity contribution is 4.72. The SMILES string of the molecule is C=CNC(C)CC(C)N. The van der Waals surface area contributed by atoms with Gasteiger partial charge in [0.2, 0.25) is 0 Å². The van der Waals surface area contributed by atoms with Crippen molar-refractivity contribution in [1.82, 2.24) is 5.32 Å². The van der Waals surface area contributed by atoms with Crippen LogP contribution in [0.1, 0.15) is 20.3 Å². The molecule has 0 heterocycles. The van der Waals surface area contributed by atoms with E-state index in [1.807, 2.05) is 6.92 Å². The van der Waals surface area contributed by atoms with Gasteiger partial charge in [-0.05, 0) is 26.5 Å². The van der Waals surface area contributed by atoms with Gasteiger partial charge in [0, 0.05) is 12.1 Å². The van der Waals surface area contributed by atoms with Gasteiger partial charge in [-0.3, -0.25) is 0 Å². The minimum atomic E-state index is 0.271. The van der Waals surface area contributed by atoms with E-state index in [1.165, 1.54) is 0 Å². The maximum absolute atomic E-state index is 5.55. The Morgan fingerprint density at radius 2 is 2.22 bits per heavy atom. The third-order valence-electron chi connectivity index (χ3n) is 1.13. The highest BCUT2D eigenvalue weighted by Gasteiger charge is 2.00. The third kappa shape index (κ3) is 5.37. The van der Waals surface area contributed by atoms with Crippen molar-refractivity contribution in [2.45, 2.75) is 32.4 Å². The molecule has 0 aromatic rings. The molecule has 0 spiro atoms. The lowest BCUT2D eigenvalue weighted by molar-refractivity contribution is 0.529. The summed E-state index contributed by atoms with van der Waals surface area (Å²) in [5.41, 5.74) is 5.55. The number of nitrogens with one attached hydrogen (secondary N) is 1. The van der Waals surface area contributed by atoms with E-state index in [1.54, 1.807) is 6.20 Å². The highest BCUT2D eigenvalue weighted by atomic mass is 14.9. The molecule has 0 aromatic heterocycles. The molecule has 0 saturated heterocycles. The average Bonchev–Trinajstić information content (AvgIpc) is 1.63. The summed E-state index contributed by atoms with van der Waals surface area (Å²) < 4.78 is 0. The molecule has 0 radical (unpaired) electrons. The fraction of sp³-hybridized carbons (Fsp3) is 0.714. The molecule has 2 atom stereocenters. The molecule has 9 heavy (non-hydrogen) atoms. The smallest absolute Gasteiger partial charge is 0.0241 e. The Morgan fingerprint density at radius 1 is 1.67 bits per heavy atom. The summed E-state index contributed by atoms with van der Waals surface area (Å²) in [5.74, 6) is 0. The zero-order valence-corrected chi connectivity index (χ0v) is 6.22. The van der Waals surface area contributed by atoms with Crippen molar-refractivity contribution in [3.05, 3.63) is 12.8 Å². The first kappa shape index (κ1) is 8.50. The minimum absolute atomic E-state index is 0.271. The van der Waals surface area contributed by atoms with E-state index in [0.29, 0.717) is 6.04 Å². The molecule has 0 aromatic carbocycles. The lowest BCUT2D eigenvalue weighted by Crippen LogP contribution is -2.28. The van der Waals surface area contributed by atoms with Crippen LogP contribution in [0.3, 0.4) is 0 Å². The first-order valence-corrected chi connectivity index (χ1v) is 3.29. The Bertz CT molecular complexity index is 79.0. The maximum Gasteiger partial charge on any atom is 0.0241 e. The number of nitrogens with two attached hydrogens (primary N) is 1. The topological polar surface area (TPSA) is 38.0 Å². The molecule has 0 aliphatic heterocycles. The zero-order valence-electron chi connectivity index (χ0n) is 6.22. The number of rotatable bonds is 4. The van der Waals surface area contributed by atoms with Crippen LogP contribution in [-0.2, 0) is 0 Å². The predicted molar refractivity (Wildman–Crippen MR) is 41.1 cm³/mol. The van der Waals surface area contributed by atoms with E-state index in [0.717, 1.165) is 6.42 Å². The van der Waals surface area contributed by atoms with Crippen molar-refractivity contribution in [2.24, 2.45) is 5.73 Å². The summed E-state index contributed by atoms with van der Waals surface area (Å²) in [6.07, 6.45) is 2.69.